The molecular weight excluding hydrogens is 296 g/mol. The molecule has 5 nitrogen and oxygen atoms in total. The molecule has 0 fully saturated rings. The van der Waals surface area contributed by atoms with Crippen molar-refractivity contribution in [3.63, 3.8) is 0 Å². The van der Waals surface area contributed by atoms with E-state index < -0.39 is 0 Å². The van der Waals surface area contributed by atoms with Crippen LogP contribution in [0.5, 0.6) is 17.2 Å². The lowest BCUT2D eigenvalue weighted by Gasteiger charge is -2.15. The van der Waals surface area contributed by atoms with Crippen LogP contribution in [0.15, 0.2) is 30.3 Å². The highest BCUT2D eigenvalue weighted by atomic mass is 16.5. The van der Waals surface area contributed by atoms with Gasteiger partial charge >= 0.3 is 5.97 Å². The topological polar surface area (TPSA) is 54.0 Å². The fourth-order valence-corrected chi connectivity index (χ4v) is 2.35. The number of hydrogen-bond acceptors (Lipinski definition) is 5. The molecule has 0 unspecified atom stereocenters. The Morgan fingerprint density at radius 2 is 1.78 bits per heavy atom. The summed E-state index contributed by atoms with van der Waals surface area (Å²) < 4.78 is 21.1. The molecule has 0 amide bonds. The third-order valence-electron chi connectivity index (χ3n) is 3.36. The summed E-state index contributed by atoms with van der Waals surface area (Å²) in [5, 5.41) is 1.82. The first kappa shape index (κ1) is 16.7. The van der Waals surface area contributed by atoms with Crippen molar-refractivity contribution in [2.45, 2.75) is 6.92 Å². The summed E-state index contributed by atoms with van der Waals surface area (Å²) in [6.45, 7) is 2.13. The molecule has 0 heterocycles. The molecule has 23 heavy (non-hydrogen) atoms. The second-order valence-corrected chi connectivity index (χ2v) is 4.71. The molecule has 0 saturated carbocycles. The molecule has 0 aromatic heterocycles. The average molecular weight is 316 g/mol. The Hall–Kier alpha value is -2.69. The zero-order chi connectivity index (χ0) is 16.8. The van der Waals surface area contributed by atoms with Gasteiger partial charge in [0, 0.05) is 11.5 Å². The smallest absolute Gasteiger partial charge is 0.330 e. The number of methoxy groups -OCH3 is 3. The van der Waals surface area contributed by atoms with Gasteiger partial charge in [0.25, 0.3) is 0 Å². The normalized spacial score (nSPS) is 10.8. The van der Waals surface area contributed by atoms with Crippen molar-refractivity contribution in [3.05, 3.63) is 35.9 Å². The number of rotatable bonds is 6. The molecule has 2 rings (SSSR count). The number of carbonyl (C=O) groups excluding carboxylic acids is 1. The summed E-state index contributed by atoms with van der Waals surface area (Å²) in [5.41, 5.74) is 0.875. The van der Waals surface area contributed by atoms with E-state index in [4.69, 9.17) is 18.9 Å². The third kappa shape index (κ3) is 3.56. The minimum absolute atomic E-state index is 0.356. The van der Waals surface area contributed by atoms with Crippen LogP contribution in [0.25, 0.3) is 16.8 Å². The van der Waals surface area contributed by atoms with E-state index in [-0.39, 0.29) is 5.97 Å². The highest BCUT2D eigenvalue weighted by Gasteiger charge is 2.15. The van der Waals surface area contributed by atoms with Crippen molar-refractivity contribution in [3.8, 4) is 17.2 Å². The Balaban J connectivity index is 2.49. The molecule has 0 atom stereocenters. The lowest BCUT2D eigenvalue weighted by Crippen LogP contribution is -1.98. The molecule has 122 valence electrons. The van der Waals surface area contributed by atoms with Gasteiger partial charge in [0.05, 0.1) is 27.9 Å². The average Bonchev–Trinajstić information content (AvgIpc) is 2.57. The Morgan fingerprint density at radius 1 is 1.04 bits per heavy atom. The molecule has 0 aliphatic carbocycles. The molecule has 5 heteroatoms. The molecule has 0 N–H and O–H groups in total. The summed E-state index contributed by atoms with van der Waals surface area (Å²) in [6, 6.07) is 7.63. The van der Waals surface area contributed by atoms with Gasteiger partial charge in [-0.25, -0.2) is 4.79 Å². The van der Waals surface area contributed by atoms with Crippen LogP contribution in [0.4, 0.5) is 0 Å². The van der Waals surface area contributed by atoms with Gasteiger partial charge in [0.15, 0.2) is 11.5 Å². The molecule has 0 spiro atoms. The van der Waals surface area contributed by atoms with Crippen molar-refractivity contribution in [1.29, 1.82) is 0 Å². The number of ether oxygens (including phenoxy) is 4. The van der Waals surface area contributed by atoms with E-state index in [2.05, 4.69) is 0 Å². The quantitative estimate of drug-likeness (QED) is 0.603. The zero-order valence-corrected chi connectivity index (χ0v) is 13.7. The van der Waals surface area contributed by atoms with E-state index in [0.29, 0.717) is 23.9 Å². The van der Waals surface area contributed by atoms with Gasteiger partial charge in [-0.2, -0.15) is 0 Å². The molecule has 0 aliphatic heterocycles. The molecule has 0 saturated heterocycles. The number of fused-ring (bicyclic) bond motifs is 1. The van der Waals surface area contributed by atoms with Crippen LogP contribution in [0, 0.1) is 0 Å². The van der Waals surface area contributed by atoms with Gasteiger partial charge in [-0.1, -0.05) is 6.07 Å². The van der Waals surface area contributed by atoms with Gasteiger partial charge in [-0.05, 0) is 42.1 Å². The molecule has 2 aromatic carbocycles. The van der Waals surface area contributed by atoms with Crippen LogP contribution in [0.2, 0.25) is 0 Å². The SMILES string of the molecule is CCOC(=O)/C=C/c1ccc2c(OC)c(OC)c(OC)cc2c1. The second kappa shape index (κ2) is 7.54. The largest absolute Gasteiger partial charge is 0.493 e. The van der Waals surface area contributed by atoms with Crippen LogP contribution in [0.1, 0.15) is 12.5 Å². The molecular formula is C18H20O5. The van der Waals surface area contributed by atoms with Gasteiger partial charge in [-0.15, -0.1) is 0 Å². The molecule has 0 bridgehead atoms. The summed E-state index contributed by atoms with van der Waals surface area (Å²) in [7, 11) is 4.74. The molecule has 2 aromatic rings. The van der Waals surface area contributed by atoms with Crippen LogP contribution >= 0.6 is 0 Å². The monoisotopic (exact) mass is 316 g/mol. The van der Waals surface area contributed by atoms with Crippen molar-refractivity contribution >= 4 is 22.8 Å². The summed E-state index contributed by atoms with van der Waals surface area (Å²) in [4.78, 5) is 11.4. The first-order valence-electron chi connectivity index (χ1n) is 7.22. The first-order valence-corrected chi connectivity index (χ1v) is 7.22. The maximum Gasteiger partial charge on any atom is 0.330 e. The van der Waals surface area contributed by atoms with Crippen molar-refractivity contribution < 1.29 is 23.7 Å². The van der Waals surface area contributed by atoms with E-state index in [0.717, 1.165) is 16.3 Å². The van der Waals surface area contributed by atoms with Crippen molar-refractivity contribution in [1.82, 2.24) is 0 Å². The highest BCUT2D eigenvalue weighted by Crippen LogP contribution is 2.43. The Morgan fingerprint density at radius 3 is 2.39 bits per heavy atom. The first-order chi connectivity index (χ1) is 11.1. The Kier molecular flexibility index (Phi) is 5.46. The van der Waals surface area contributed by atoms with Crippen LogP contribution in [-0.2, 0) is 9.53 Å². The second-order valence-electron chi connectivity index (χ2n) is 4.71. The number of hydrogen-bond donors (Lipinski definition) is 0. The Labute approximate surface area is 135 Å². The van der Waals surface area contributed by atoms with Crippen molar-refractivity contribution in [2.24, 2.45) is 0 Å². The number of benzene rings is 2. The summed E-state index contributed by atoms with van der Waals surface area (Å²) in [5.74, 6) is 1.39. The van der Waals surface area contributed by atoms with E-state index in [1.807, 2.05) is 24.3 Å². The highest BCUT2D eigenvalue weighted by molar-refractivity contribution is 5.95. The number of esters is 1. The van der Waals surface area contributed by atoms with Gasteiger partial charge in [0.2, 0.25) is 5.75 Å². The predicted octanol–water partition coefficient (Wildman–Crippen LogP) is 3.44. The summed E-state index contributed by atoms with van der Waals surface area (Å²) >= 11 is 0. The fourth-order valence-electron chi connectivity index (χ4n) is 2.35. The van der Waals surface area contributed by atoms with E-state index in [1.54, 1.807) is 34.3 Å². The summed E-state index contributed by atoms with van der Waals surface area (Å²) in [6.07, 6.45) is 3.11. The minimum Gasteiger partial charge on any atom is -0.493 e. The van der Waals surface area contributed by atoms with Crippen LogP contribution in [-0.4, -0.2) is 33.9 Å². The lowest BCUT2D eigenvalue weighted by molar-refractivity contribution is -0.137. The lowest BCUT2D eigenvalue weighted by atomic mass is 10.0. The maximum atomic E-state index is 11.4. The maximum absolute atomic E-state index is 11.4. The van der Waals surface area contributed by atoms with Gasteiger partial charge in [0.1, 0.15) is 0 Å². The van der Waals surface area contributed by atoms with E-state index in [9.17, 15) is 4.79 Å². The van der Waals surface area contributed by atoms with Crippen LogP contribution < -0.4 is 14.2 Å². The molecule has 0 aliphatic rings. The standard InChI is InChI=1S/C18H20O5/c1-5-23-16(19)9-7-12-6-8-14-13(10-12)11-15(20-2)18(22-4)17(14)21-3/h6-11H,5H2,1-4H3/b9-7+. The van der Waals surface area contributed by atoms with E-state index in [1.165, 1.54) is 6.08 Å². The van der Waals surface area contributed by atoms with Gasteiger partial charge in [-0.3, -0.25) is 0 Å². The molecule has 0 radical (unpaired) electrons. The van der Waals surface area contributed by atoms with E-state index >= 15 is 0 Å². The predicted molar refractivity (Wildman–Crippen MR) is 89.3 cm³/mol. The van der Waals surface area contributed by atoms with Gasteiger partial charge < -0.3 is 18.9 Å². The fraction of sp³-hybridized carbons (Fsp3) is 0.278. The minimum atomic E-state index is -0.363. The zero-order valence-electron chi connectivity index (χ0n) is 13.7. The Bertz CT molecular complexity index is 734. The third-order valence-corrected chi connectivity index (χ3v) is 3.36. The van der Waals surface area contributed by atoms with Crippen LogP contribution in [0.3, 0.4) is 0 Å². The number of carbonyl (C=O) groups is 1. The van der Waals surface area contributed by atoms with Crippen molar-refractivity contribution in [2.75, 3.05) is 27.9 Å².